The molecule has 0 aromatic heterocycles. The van der Waals surface area contributed by atoms with Crippen molar-refractivity contribution in [2.75, 3.05) is 20.2 Å². The summed E-state index contributed by atoms with van der Waals surface area (Å²) in [6.07, 6.45) is -3.52. The van der Waals surface area contributed by atoms with Crippen LogP contribution in [0.25, 0.3) is 0 Å². The van der Waals surface area contributed by atoms with Gasteiger partial charge in [-0.25, -0.2) is 0 Å². The second kappa shape index (κ2) is 7.06. The molecule has 25 heavy (non-hydrogen) atoms. The van der Waals surface area contributed by atoms with Gasteiger partial charge in [0.2, 0.25) is 0 Å². The normalized spacial score (nSPS) is 17.6. The molecule has 2 aromatic carbocycles. The van der Waals surface area contributed by atoms with Crippen molar-refractivity contribution < 1.29 is 17.9 Å². The second-order valence-corrected chi connectivity index (χ2v) is 6.23. The average molecular weight is 350 g/mol. The highest BCUT2D eigenvalue weighted by molar-refractivity contribution is 5.39. The fourth-order valence-corrected chi connectivity index (χ4v) is 3.33. The first-order valence-corrected chi connectivity index (χ1v) is 8.19. The van der Waals surface area contributed by atoms with Crippen molar-refractivity contribution in [1.82, 2.24) is 4.90 Å². The van der Waals surface area contributed by atoms with Gasteiger partial charge in [-0.1, -0.05) is 18.2 Å². The Morgan fingerprint density at radius 3 is 2.48 bits per heavy atom. The number of methoxy groups -OCH3 is 1. The Balaban J connectivity index is 1.72. The van der Waals surface area contributed by atoms with Crippen LogP contribution in [0, 0.1) is 0 Å². The minimum atomic E-state index is -4.33. The van der Waals surface area contributed by atoms with Crippen LogP contribution in [0.5, 0.6) is 5.75 Å². The molecule has 3 rings (SSSR count). The summed E-state index contributed by atoms with van der Waals surface area (Å²) in [6, 6.07) is 11.6. The summed E-state index contributed by atoms with van der Waals surface area (Å²) in [7, 11) is 1.62. The highest BCUT2D eigenvalue weighted by Gasteiger charge is 2.35. The number of halogens is 3. The van der Waals surface area contributed by atoms with E-state index >= 15 is 0 Å². The van der Waals surface area contributed by atoms with Crippen molar-refractivity contribution in [3.05, 3.63) is 64.7 Å². The van der Waals surface area contributed by atoms with Crippen molar-refractivity contribution in [2.45, 2.75) is 25.2 Å². The van der Waals surface area contributed by atoms with Crippen molar-refractivity contribution in [3.63, 3.8) is 0 Å². The van der Waals surface area contributed by atoms with E-state index < -0.39 is 11.7 Å². The maximum absolute atomic E-state index is 13.0. The Hall–Kier alpha value is -2.05. The zero-order valence-corrected chi connectivity index (χ0v) is 14.0. The van der Waals surface area contributed by atoms with E-state index in [9.17, 15) is 13.2 Å². The van der Waals surface area contributed by atoms with E-state index in [0.29, 0.717) is 18.7 Å². The molecule has 2 aromatic rings. The molecular weight excluding hydrogens is 329 g/mol. The Bertz CT molecular complexity index is 728. The van der Waals surface area contributed by atoms with Gasteiger partial charge in [-0.15, -0.1) is 0 Å². The average Bonchev–Trinajstić information content (AvgIpc) is 2.96. The molecule has 1 aliphatic rings. The molecule has 0 saturated carbocycles. The van der Waals surface area contributed by atoms with Gasteiger partial charge in [-0.2, -0.15) is 13.2 Å². The molecule has 0 saturated heterocycles. The molecule has 0 spiro atoms. The van der Waals surface area contributed by atoms with E-state index in [1.165, 1.54) is 6.07 Å². The van der Waals surface area contributed by atoms with E-state index in [0.717, 1.165) is 35.9 Å². The Kier molecular flexibility index (Phi) is 5.01. The van der Waals surface area contributed by atoms with E-state index in [-0.39, 0.29) is 6.04 Å². The topological polar surface area (TPSA) is 38.5 Å². The van der Waals surface area contributed by atoms with Gasteiger partial charge in [0.1, 0.15) is 5.75 Å². The summed E-state index contributed by atoms with van der Waals surface area (Å²) in [5, 5.41) is 0. The predicted molar refractivity (Wildman–Crippen MR) is 90.3 cm³/mol. The number of hydrogen-bond donors (Lipinski definition) is 1. The van der Waals surface area contributed by atoms with E-state index in [1.54, 1.807) is 13.2 Å². The molecule has 1 heterocycles. The molecule has 1 unspecified atom stereocenters. The molecule has 2 N–H and O–H groups in total. The van der Waals surface area contributed by atoms with Crippen molar-refractivity contribution >= 4 is 0 Å². The van der Waals surface area contributed by atoms with Crippen LogP contribution in [-0.4, -0.2) is 25.1 Å². The zero-order chi connectivity index (χ0) is 18.0. The summed E-state index contributed by atoms with van der Waals surface area (Å²) >= 11 is 0. The highest BCUT2D eigenvalue weighted by atomic mass is 19.4. The molecule has 0 bridgehead atoms. The number of fused-ring (bicyclic) bond motifs is 1. The minimum absolute atomic E-state index is 0.171. The summed E-state index contributed by atoms with van der Waals surface area (Å²) in [6.45, 7) is 1.67. The van der Waals surface area contributed by atoms with Crippen LogP contribution < -0.4 is 10.5 Å². The zero-order valence-electron chi connectivity index (χ0n) is 14.0. The fourth-order valence-electron chi connectivity index (χ4n) is 3.33. The van der Waals surface area contributed by atoms with Crippen LogP contribution >= 0.6 is 0 Å². The Morgan fingerprint density at radius 2 is 1.88 bits per heavy atom. The van der Waals surface area contributed by atoms with E-state index in [1.807, 2.05) is 24.3 Å². The molecule has 0 radical (unpaired) electrons. The number of rotatable bonds is 5. The van der Waals surface area contributed by atoms with Crippen LogP contribution in [0.3, 0.4) is 0 Å². The lowest BCUT2D eigenvalue weighted by Gasteiger charge is -2.24. The lowest BCUT2D eigenvalue weighted by molar-refractivity contribution is -0.137. The third-order valence-electron chi connectivity index (χ3n) is 4.72. The molecule has 3 nitrogen and oxygen atoms in total. The summed E-state index contributed by atoms with van der Waals surface area (Å²) < 4.78 is 44.0. The van der Waals surface area contributed by atoms with Gasteiger partial charge >= 0.3 is 6.18 Å². The van der Waals surface area contributed by atoms with Crippen LogP contribution in [0.4, 0.5) is 13.2 Å². The van der Waals surface area contributed by atoms with Gasteiger partial charge in [-0.3, -0.25) is 4.90 Å². The summed E-state index contributed by atoms with van der Waals surface area (Å²) in [4.78, 5) is 2.15. The SMILES string of the molecule is COc1ccc(CCN2Cc3ccc(C(F)(F)F)cc3C2CN)cc1. The minimum Gasteiger partial charge on any atom is -0.497 e. The van der Waals surface area contributed by atoms with Gasteiger partial charge in [0.15, 0.2) is 0 Å². The number of ether oxygens (including phenoxy) is 1. The highest BCUT2D eigenvalue weighted by Crippen LogP contribution is 2.38. The fraction of sp³-hybridized carbons (Fsp3) is 0.368. The lowest BCUT2D eigenvalue weighted by atomic mass is 10.0. The van der Waals surface area contributed by atoms with Crippen LogP contribution in [-0.2, 0) is 19.1 Å². The molecule has 1 atom stereocenters. The maximum atomic E-state index is 13.0. The van der Waals surface area contributed by atoms with Gasteiger partial charge in [0.25, 0.3) is 0 Å². The largest absolute Gasteiger partial charge is 0.497 e. The predicted octanol–water partition coefficient (Wildman–Crippen LogP) is 3.77. The van der Waals surface area contributed by atoms with Crippen LogP contribution in [0.1, 0.15) is 28.3 Å². The molecule has 0 aliphatic carbocycles. The van der Waals surface area contributed by atoms with Crippen LogP contribution in [0.15, 0.2) is 42.5 Å². The number of nitrogens with two attached hydrogens (primary N) is 1. The number of hydrogen-bond acceptors (Lipinski definition) is 3. The standard InChI is InChI=1S/C19H21F3N2O/c1-25-16-6-2-13(3-7-16)8-9-24-12-14-4-5-15(19(20,21)22)10-17(14)18(24)11-23/h2-7,10,18H,8-9,11-12,23H2,1H3. The number of nitrogens with zero attached hydrogens (tertiary/aromatic N) is 1. The molecule has 0 amide bonds. The lowest BCUT2D eigenvalue weighted by Crippen LogP contribution is -2.29. The van der Waals surface area contributed by atoms with Crippen molar-refractivity contribution in [1.29, 1.82) is 0 Å². The number of benzene rings is 2. The first-order chi connectivity index (χ1) is 11.9. The quantitative estimate of drug-likeness (QED) is 0.892. The first-order valence-electron chi connectivity index (χ1n) is 8.19. The van der Waals surface area contributed by atoms with Gasteiger partial charge in [0.05, 0.1) is 12.7 Å². The van der Waals surface area contributed by atoms with Crippen molar-refractivity contribution in [2.24, 2.45) is 5.73 Å². The smallest absolute Gasteiger partial charge is 0.416 e. The molecule has 0 fully saturated rings. The maximum Gasteiger partial charge on any atom is 0.416 e. The molecular formula is C19H21F3N2O. The summed E-state index contributed by atoms with van der Waals surface area (Å²) in [5.74, 6) is 0.803. The second-order valence-electron chi connectivity index (χ2n) is 6.23. The third-order valence-corrected chi connectivity index (χ3v) is 4.72. The Labute approximate surface area is 145 Å². The van der Waals surface area contributed by atoms with Gasteiger partial charge < -0.3 is 10.5 Å². The Morgan fingerprint density at radius 1 is 1.16 bits per heavy atom. The van der Waals surface area contributed by atoms with E-state index in [2.05, 4.69) is 4.90 Å². The third kappa shape index (κ3) is 3.80. The molecule has 134 valence electrons. The summed E-state index contributed by atoms with van der Waals surface area (Å²) in [5.41, 5.74) is 8.04. The number of alkyl halides is 3. The molecule has 6 heteroatoms. The van der Waals surface area contributed by atoms with Crippen molar-refractivity contribution in [3.8, 4) is 5.75 Å². The monoisotopic (exact) mass is 350 g/mol. The van der Waals surface area contributed by atoms with Gasteiger partial charge in [0, 0.05) is 25.7 Å². The van der Waals surface area contributed by atoms with E-state index in [4.69, 9.17) is 10.5 Å². The van der Waals surface area contributed by atoms with Gasteiger partial charge in [-0.05, 0) is 47.4 Å². The molecule has 1 aliphatic heterocycles. The first kappa shape index (κ1) is 17.8. The van der Waals surface area contributed by atoms with Crippen LogP contribution in [0.2, 0.25) is 0 Å².